The second-order valence-electron chi connectivity index (χ2n) is 9.10. The number of ether oxygens (including phenoxy) is 2. The number of pyridine rings is 1. The number of benzene rings is 1. The third-order valence-electron chi connectivity index (χ3n) is 6.85. The van der Waals surface area contributed by atoms with E-state index in [9.17, 15) is 17.2 Å². The number of nitrogens with one attached hydrogen (secondary N) is 1. The zero-order chi connectivity index (χ0) is 26.3. The SMILES string of the molecule is COc1cc(OC)c(F)c(Cc2c[nH]c3ncc(-c4cnn(C5CCN(S(C)(=O)=O)CC5)c4)cc23)c1F. The summed E-state index contributed by atoms with van der Waals surface area (Å²) in [6.45, 7) is 0.919. The van der Waals surface area contributed by atoms with Gasteiger partial charge in [0, 0.05) is 66.2 Å². The first-order valence-corrected chi connectivity index (χ1v) is 13.6. The predicted molar refractivity (Wildman–Crippen MR) is 134 cm³/mol. The van der Waals surface area contributed by atoms with Gasteiger partial charge in [-0.1, -0.05) is 0 Å². The molecule has 9 nitrogen and oxygen atoms in total. The summed E-state index contributed by atoms with van der Waals surface area (Å²) in [5, 5.41) is 5.24. The van der Waals surface area contributed by atoms with Crippen LogP contribution in [-0.4, -0.2) is 66.0 Å². The van der Waals surface area contributed by atoms with Crippen LogP contribution in [0.15, 0.2) is 36.9 Å². The molecule has 1 aliphatic rings. The zero-order valence-corrected chi connectivity index (χ0v) is 21.5. The van der Waals surface area contributed by atoms with Crippen molar-refractivity contribution in [2.24, 2.45) is 0 Å². The lowest BCUT2D eigenvalue weighted by atomic mass is 10.0. The number of sulfonamides is 1. The van der Waals surface area contributed by atoms with Gasteiger partial charge in [0.05, 0.1) is 32.7 Å². The van der Waals surface area contributed by atoms with Crippen molar-refractivity contribution in [3.05, 3.63) is 59.7 Å². The quantitative estimate of drug-likeness (QED) is 0.388. The molecule has 1 aromatic carbocycles. The lowest BCUT2D eigenvalue weighted by molar-refractivity contribution is 0.262. The van der Waals surface area contributed by atoms with Crippen LogP contribution >= 0.6 is 0 Å². The van der Waals surface area contributed by atoms with Gasteiger partial charge in [0.1, 0.15) is 5.65 Å². The fourth-order valence-corrected chi connectivity index (χ4v) is 5.64. The molecule has 0 unspecified atom stereocenters. The van der Waals surface area contributed by atoms with Gasteiger partial charge in [0.15, 0.2) is 23.1 Å². The Morgan fingerprint density at radius 1 is 1.05 bits per heavy atom. The summed E-state index contributed by atoms with van der Waals surface area (Å²) < 4.78 is 67.0. The number of aromatic amines is 1. The highest BCUT2D eigenvalue weighted by molar-refractivity contribution is 7.88. The van der Waals surface area contributed by atoms with Crippen molar-refractivity contribution in [1.29, 1.82) is 0 Å². The Kier molecular flexibility index (Phi) is 6.63. The molecule has 4 heterocycles. The molecule has 1 fully saturated rings. The smallest absolute Gasteiger partial charge is 0.211 e. The van der Waals surface area contributed by atoms with Crippen LogP contribution in [0, 0.1) is 11.6 Å². The van der Waals surface area contributed by atoms with Crippen molar-refractivity contribution < 1.29 is 26.7 Å². The van der Waals surface area contributed by atoms with Gasteiger partial charge in [0.2, 0.25) is 10.0 Å². The van der Waals surface area contributed by atoms with E-state index in [0.29, 0.717) is 37.1 Å². The molecule has 0 amide bonds. The first-order chi connectivity index (χ1) is 17.7. The van der Waals surface area contributed by atoms with Crippen LogP contribution in [0.25, 0.3) is 22.2 Å². The highest BCUT2D eigenvalue weighted by Gasteiger charge is 2.26. The van der Waals surface area contributed by atoms with Gasteiger partial charge in [-0.3, -0.25) is 4.68 Å². The summed E-state index contributed by atoms with van der Waals surface area (Å²) in [5.41, 5.74) is 2.74. The Balaban J connectivity index is 1.42. The number of halogens is 2. The molecular formula is C25H27F2N5O4S. The lowest BCUT2D eigenvalue weighted by Gasteiger charge is -2.30. The first kappa shape index (κ1) is 25.2. The molecule has 12 heteroatoms. The molecule has 196 valence electrons. The maximum Gasteiger partial charge on any atom is 0.211 e. The van der Waals surface area contributed by atoms with Gasteiger partial charge in [-0.25, -0.2) is 26.5 Å². The minimum absolute atomic E-state index is 0.0332. The number of methoxy groups -OCH3 is 2. The average Bonchev–Trinajstić information content (AvgIpc) is 3.54. The number of aromatic nitrogens is 4. The molecule has 1 N–H and O–H groups in total. The molecule has 1 aliphatic heterocycles. The molecule has 0 radical (unpaired) electrons. The normalized spacial score (nSPS) is 15.4. The van der Waals surface area contributed by atoms with Gasteiger partial charge in [0.25, 0.3) is 0 Å². The highest BCUT2D eigenvalue weighted by Crippen LogP contribution is 2.34. The Bertz CT molecular complexity index is 1530. The Hall–Kier alpha value is -3.51. The van der Waals surface area contributed by atoms with Crippen molar-refractivity contribution in [1.82, 2.24) is 24.1 Å². The second-order valence-corrected chi connectivity index (χ2v) is 11.1. The molecule has 4 aromatic rings. The van der Waals surface area contributed by atoms with E-state index in [-0.39, 0.29) is 29.5 Å². The Labute approximate surface area is 213 Å². The molecule has 0 saturated carbocycles. The van der Waals surface area contributed by atoms with E-state index in [1.165, 1.54) is 30.8 Å². The minimum atomic E-state index is -3.19. The zero-order valence-electron chi connectivity index (χ0n) is 20.7. The number of hydrogen-bond donors (Lipinski definition) is 1. The van der Waals surface area contributed by atoms with Crippen LogP contribution in [0.3, 0.4) is 0 Å². The predicted octanol–water partition coefficient (Wildman–Crippen LogP) is 3.91. The van der Waals surface area contributed by atoms with Crippen LogP contribution < -0.4 is 9.47 Å². The molecule has 0 atom stereocenters. The van der Waals surface area contributed by atoms with Crippen molar-refractivity contribution in [2.45, 2.75) is 25.3 Å². The van der Waals surface area contributed by atoms with E-state index >= 15 is 0 Å². The molecule has 3 aromatic heterocycles. The monoisotopic (exact) mass is 531 g/mol. The van der Waals surface area contributed by atoms with E-state index in [1.54, 1.807) is 18.6 Å². The number of hydrogen-bond acceptors (Lipinski definition) is 6. The summed E-state index contributed by atoms with van der Waals surface area (Å²) >= 11 is 0. The summed E-state index contributed by atoms with van der Waals surface area (Å²) in [7, 11) is -0.561. The fraction of sp³-hybridized carbons (Fsp3) is 0.360. The largest absolute Gasteiger partial charge is 0.494 e. The molecule has 1 saturated heterocycles. The summed E-state index contributed by atoms with van der Waals surface area (Å²) in [6, 6.07) is 3.20. The van der Waals surface area contributed by atoms with Crippen LogP contribution in [-0.2, 0) is 16.4 Å². The Morgan fingerprint density at radius 3 is 2.35 bits per heavy atom. The van der Waals surface area contributed by atoms with Gasteiger partial charge in [-0.2, -0.15) is 5.10 Å². The topological polar surface area (TPSA) is 102 Å². The number of rotatable bonds is 7. The maximum absolute atomic E-state index is 15.0. The Morgan fingerprint density at radius 2 is 1.73 bits per heavy atom. The van der Waals surface area contributed by atoms with Crippen LogP contribution in [0.1, 0.15) is 30.0 Å². The van der Waals surface area contributed by atoms with Gasteiger partial charge < -0.3 is 14.5 Å². The first-order valence-electron chi connectivity index (χ1n) is 11.7. The van der Waals surface area contributed by atoms with Gasteiger partial charge >= 0.3 is 0 Å². The maximum atomic E-state index is 15.0. The number of fused-ring (bicyclic) bond motifs is 1. The van der Waals surface area contributed by atoms with Crippen molar-refractivity contribution >= 4 is 21.1 Å². The third-order valence-corrected chi connectivity index (χ3v) is 8.15. The number of piperidine rings is 1. The summed E-state index contributed by atoms with van der Waals surface area (Å²) in [4.78, 5) is 7.55. The lowest BCUT2D eigenvalue weighted by Crippen LogP contribution is -2.38. The van der Waals surface area contributed by atoms with E-state index < -0.39 is 21.7 Å². The van der Waals surface area contributed by atoms with Gasteiger partial charge in [-0.05, 0) is 24.5 Å². The summed E-state index contributed by atoms with van der Waals surface area (Å²) in [6.07, 6.45) is 9.60. The standard InChI is InChI=1S/C25H27F2N5O4S/c1-35-21-10-22(36-2)24(27)20(23(21)26)9-16-12-29-25-19(16)8-15(11-28-25)17-13-30-32(14-17)18-4-6-31(7-5-18)37(3,33)34/h8,10-14,18H,4-7,9H2,1-3H3,(H,28,29). The average molecular weight is 532 g/mol. The molecule has 0 bridgehead atoms. The summed E-state index contributed by atoms with van der Waals surface area (Å²) in [5.74, 6) is -1.74. The van der Waals surface area contributed by atoms with E-state index in [2.05, 4.69) is 15.1 Å². The van der Waals surface area contributed by atoms with Crippen molar-refractivity contribution in [3.8, 4) is 22.6 Å². The molecule has 0 spiro atoms. The number of nitrogens with zero attached hydrogens (tertiary/aromatic N) is 4. The molecule has 37 heavy (non-hydrogen) atoms. The molecular weight excluding hydrogens is 504 g/mol. The fourth-order valence-electron chi connectivity index (χ4n) is 4.77. The second kappa shape index (κ2) is 9.75. The van der Waals surface area contributed by atoms with E-state index in [0.717, 1.165) is 16.5 Å². The van der Waals surface area contributed by atoms with E-state index in [1.807, 2.05) is 16.9 Å². The van der Waals surface area contributed by atoms with Crippen molar-refractivity contribution in [3.63, 3.8) is 0 Å². The van der Waals surface area contributed by atoms with E-state index in [4.69, 9.17) is 9.47 Å². The third kappa shape index (κ3) is 4.78. The minimum Gasteiger partial charge on any atom is -0.494 e. The highest BCUT2D eigenvalue weighted by atomic mass is 32.2. The van der Waals surface area contributed by atoms with Crippen LogP contribution in [0.4, 0.5) is 8.78 Å². The van der Waals surface area contributed by atoms with Crippen LogP contribution in [0.5, 0.6) is 11.5 Å². The number of H-pyrrole nitrogens is 1. The van der Waals surface area contributed by atoms with Gasteiger partial charge in [-0.15, -0.1) is 0 Å². The van der Waals surface area contributed by atoms with Crippen LogP contribution in [0.2, 0.25) is 0 Å². The van der Waals surface area contributed by atoms with Crippen molar-refractivity contribution in [2.75, 3.05) is 33.6 Å². The molecule has 5 rings (SSSR count). The molecule has 0 aliphatic carbocycles.